The van der Waals surface area contributed by atoms with Gasteiger partial charge in [-0.05, 0) is 49.6 Å². The topological polar surface area (TPSA) is 86.8 Å². The number of carbonyl (C=O) groups is 2. The van der Waals surface area contributed by atoms with Crippen molar-refractivity contribution in [1.29, 1.82) is 0 Å². The van der Waals surface area contributed by atoms with Crippen molar-refractivity contribution >= 4 is 39.1 Å². The summed E-state index contributed by atoms with van der Waals surface area (Å²) in [5.74, 6) is -1.24. The number of nitrogens with one attached hydrogen (secondary N) is 1. The van der Waals surface area contributed by atoms with Crippen molar-refractivity contribution < 1.29 is 22.4 Å². The van der Waals surface area contributed by atoms with E-state index in [-0.39, 0.29) is 43.4 Å². The molecule has 0 spiro atoms. The molecule has 2 aromatic rings. The van der Waals surface area contributed by atoms with Crippen molar-refractivity contribution in [1.82, 2.24) is 10.2 Å². The van der Waals surface area contributed by atoms with Crippen molar-refractivity contribution in [2.24, 2.45) is 0 Å². The third-order valence-electron chi connectivity index (χ3n) is 5.26. The van der Waals surface area contributed by atoms with Gasteiger partial charge in [-0.1, -0.05) is 42.8 Å². The molecule has 0 aliphatic carbocycles. The summed E-state index contributed by atoms with van der Waals surface area (Å²) in [6.45, 7) is 4.21. The number of benzene rings is 2. The van der Waals surface area contributed by atoms with E-state index >= 15 is 0 Å². The maximum atomic E-state index is 14.2. The van der Waals surface area contributed by atoms with E-state index in [1.165, 1.54) is 23.1 Å². The van der Waals surface area contributed by atoms with Crippen molar-refractivity contribution in [3.63, 3.8) is 0 Å². The second-order valence-electron chi connectivity index (χ2n) is 8.01. The predicted octanol–water partition coefficient (Wildman–Crippen LogP) is 3.97. The van der Waals surface area contributed by atoms with Crippen LogP contribution in [0.25, 0.3) is 0 Å². The van der Waals surface area contributed by atoms with Crippen molar-refractivity contribution in [3.8, 4) is 0 Å². The minimum atomic E-state index is -3.76. The highest BCUT2D eigenvalue weighted by atomic mass is 35.5. The Hall–Kier alpha value is -2.65. The summed E-state index contributed by atoms with van der Waals surface area (Å²) >= 11 is 5.95. The van der Waals surface area contributed by atoms with E-state index in [2.05, 4.69) is 5.32 Å². The molecule has 2 amide bonds. The van der Waals surface area contributed by atoms with Crippen LogP contribution in [-0.4, -0.2) is 50.5 Å². The fourth-order valence-corrected chi connectivity index (χ4v) is 4.49. The lowest BCUT2D eigenvalue weighted by Crippen LogP contribution is -2.47. The monoisotopic (exact) mass is 511 g/mol. The van der Waals surface area contributed by atoms with Crippen LogP contribution < -0.4 is 9.62 Å². The molecular formula is C24H31ClFN3O4S. The van der Waals surface area contributed by atoms with Crippen LogP contribution in [0.4, 0.5) is 10.1 Å². The minimum absolute atomic E-state index is 0.0144. The maximum Gasteiger partial charge on any atom is 0.242 e. The summed E-state index contributed by atoms with van der Waals surface area (Å²) < 4.78 is 39.7. The molecule has 0 bridgehead atoms. The van der Waals surface area contributed by atoms with Crippen molar-refractivity contribution in [2.75, 3.05) is 23.7 Å². The van der Waals surface area contributed by atoms with Gasteiger partial charge in [0.1, 0.15) is 11.9 Å². The molecule has 0 saturated carbocycles. The van der Waals surface area contributed by atoms with Crippen molar-refractivity contribution in [3.05, 3.63) is 64.9 Å². The number of hydrogen-bond acceptors (Lipinski definition) is 4. The Balaban J connectivity index is 2.15. The van der Waals surface area contributed by atoms with Crippen molar-refractivity contribution in [2.45, 2.75) is 45.7 Å². The largest absolute Gasteiger partial charge is 0.354 e. The van der Waals surface area contributed by atoms with Gasteiger partial charge in [-0.25, -0.2) is 12.8 Å². The first-order chi connectivity index (χ1) is 16.0. The van der Waals surface area contributed by atoms with Gasteiger partial charge in [0.05, 0.1) is 11.9 Å². The van der Waals surface area contributed by atoms with Gasteiger partial charge in [0.2, 0.25) is 21.8 Å². The number of halogens is 2. The SMILES string of the molecule is CCCNC(=O)[C@H](C)N(Cc1ccc(Cl)cc1)C(=O)CCCN(c1ccccc1F)S(C)(=O)=O. The molecule has 0 saturated heterocycles. The number of rotatable bonds is 12. The molecule has 34 heavy (non-hydrogen) atoms. The third-order valence-corrected chi connectivity index (χ3v) is 6.69. The van der Waals surface area contributed by atoms with Gasteiger partial charge in [0.25, 0.3) is 0 Å². The van der Waals surface area contributed by atoms with E-state index < -0.39 is 21.9 Å². The Morgan fingerprint density at radius 3 is 2.35 bits per heavy atom. The molecule has 0 aromatic heterocycles. The first-order valence-electron chi connectivity index (χ1n) is 11.1. The number of amides is 2. The second-order valence-corrected chi connectivity index (χ2v) is 10.3. The Kier molecular flexibility index (Phi) is 10.3. The Bertz CT molecular complexity index is 1080. The first kappa shape index (κ1) is 27.6. The molecule has 0 aliphatic rings. The van der Waals surface area contributed by atoms with E-state index in [0.29, 0.717) is 11.6 Å². The zero-order valence-electron chi connectivity index (χ0n) is 19.6. The van der Waals surface area contributed by atoms with E-state index in [0.717, 1.165) is 22.5 Å². The predicted molar refractivity (Wildman–Crippen MR) is 133 cm³/mol. The normalized spacial score (nSPS) is 12.1. The highest BCUT2D eigenvalue weighted by Gasteiger charge is 2.27. The fraction of sp³-hybridized carbons (Fsp3) is 0.417. The molecule has 1 atom stereocenters. The molecule has 0 fully saturated rings. The van der Waals surface area contributed by atoms with Crippen LogP contribution in [0.1, 0.15) is 38.7 Å². The van der Waals surface area contributed by atoms with Gasteiger partial charge in [0, 0.05) is 31.1 Å². The lowest BCUT2D eigenvalue weighted by atomic mass is 10.1. The van der Waals surface area contributed by atoms with E-state index in [9.17, 15) is 22.4 Å². The molecule has 10 heteroatoms. The van der Waals surface area contributed by atoms with E-state index in [1.54, 1.807) is 37.3 Å². The van der Waals surface area contributed by atoms with Crippen LogP contribution in [0.3, 0.4) is 0 Å². The fourth-order valence-electron chi connectivity index (χ4n) is 3.40. The molecule has 0 unspecified atom stereocenters. The minimum Gasteiger partial charge on any atom is -0.354 e. The number of anilines is 1. The van der Waals surface area contributed by atoms with E-state index in [1.807, 2.05) is 6.92 Å². The zero-order chi connectivity index (χ0) is 25.3. The highest BCUT2D eigenvalue weighted by Crippen LogP contribution is 2.22. The zero-order valence-corrected chi connectivity index (χ0v) is 21.2. The van der Waals surface area contributed by atoms with Crippen LogP contribution in [0, 0.1) is 5.82 Å². The van der Waals surface area contributed by atoms with Gasteiger partial charge in [-0.3, -0.25) is 13.9 Å². The van der Waals surface area contributed by atoms with Gasteiger partial charge >= 0.3 is 0 Å². The standard InChI is InChI=1S/C24H31ClFN3O4S/c1-4-15-27-24(31)18(2)28(17-19-11-13-20(25)14-12-19)23(30)10-7-16-29(34(3,32)33)22-9-6-5-8-21(22)26/h5-6,8-9,11-14,18H,4,7,10,15-17H2,1-3H3,(H,27,31)/t18-/m0/s1. The molecular weight excluding hydrogens is 481 g/mol. The summed E-state index contributed by atoms with van der Waals surface area (Å²) in [6.07, 6.45) is 1.90. The summed E-state index contributed by atoms with van der Waals surface area (Å²) in [5.41, 5.74) is 0.736. The molecule has 7 nitrogen and oxygen atoms in total. The van der Waals surface area contributed by atoms with Crippen LogP contribution >= 0.6 is 11.6 Å². The van der Waals surface area contributed by atoms with E-state index in [4.69, 9.17) is 11.6 Å². The highest BCUT2D eigenvalue weighted by molar-refractivity contribution is 7.92. The number of carbonyl (C=O) groups excluding carboxylic acids is 2. The summed E-state index contributed by atoms with van der Waals surface area (Å²) in [5, 5.41) is 3.36. The number of para-hydroxylation sites is 1. The van der Waals surface area contributed by atoms with Gasteiger partial charge in [-0.2, -0.15) is 0 Å². The molecule has 1 N–H and O–H groups in total. The molecule has 186 valence electrons. The molecule has 2 rings (SSSR count). The molecule has 0 aliphatic heterocycles. The maximum absolute atomic E-state index is 14.2. The second kappa shape index (κ2) is 12.7. The molecule has 0 heterocycles. The Labute approximate surface area is 205 Å². The van der Waals surface area contributed by atoms with Crippen LogP contribution in [0.15, 0.2) is 48.5 Å². The first-order valence-corrected chi connectivity index (χ1v) is 13.3. The van der Waals surface area contributed by atoms with Crippen LogP contribution in [-0.2, 0) is 26.2 Å². The lowest BCUT2D eigenvalue weighted by molar-refractivity contribution is -0.140. The average molecular weight is 512 g/mol. The number of hydrogen-bond donors (Lipinski definition) is 1. The third kappa shape index (κ3) is 7.99. The summed E-state index contributed by atoms with van der Waals surface area (Å²) in [4.78, 5) is 27.2. The van der Waals surface area contributed by atoms with Crippen LogP contribution in [0.2, 0.25) is 5.02 Å². The molecule has 0 radical (unpaired) electrons. The Morgan fingerprint density at radius 1 is 1.12 bits per heavy atom. The average Bonchev–Trinajstić information content (AvgIpc) is 2.79. The number of sulfonamides is 1. The smallest absolute Gasteiger partial charge is 0.242 e. The van der Waals surface area contributed by atoms with Gasteiger partial charge < -0.3 is 10.2 Å². The number of nitrogens with zero attached hydrogens (tertiary/aromatic N) is 2. The lowest BCUT2D eigenvalue weighted by Gasteiger charge is -2.29. The summed E-state index contributed by atoms with van der Waals surface area (Å²) in [6, 6.07) is 11.8. The summed E-state index contributed by atoms with van der Waals surface area (Å²) in [7, 11) is -3.76. The van der Waals surface area contributed by atoms with Gasteiger partial charge in [0.15, 0.2) is 0 Å². The Morgan fingerprint density at radius 2 is 1.76 bits per heavy atom. The molecule has 2 aromatic carbocycles. The quantitative estimate of drug-likeness (QED) is 0.467. The van der Waals surface area contributed by atoms with Crippen LogP contribution in [0.5, 0.6) is 0 Å². The van der Waals surface area contributed by atoms with Gasteiger partial charge in [-0.15, -0.1) is 0 Å².